The Morgan fingerprint density at radius 2 is 2.15 bits per heavy atom. The zero-order valence-corrected chi connectivity index (χ0v) is 12.5. The molecule has 1 aromatic carbocycles. The first-order chi connectivity index (χ1) is 9.58. The molecule has 0 radical (unpaired) electrons. The lowest BCUT2D eigenvalue weighted by Gasteiger charge is -2.16. The number of allylic oxidation sites excluding steroid dienone is 1. The third-order valence-electron chi connectivity index (χ3n) is 3.15. The summed E-state index contributed by atoms with van der Waals surface area (Å²) in [5.74, 6) is -0.232. The second-order valence-corrected chi connectivity index (χ2v) is 4.79. The van der Waals surface area contributed by atoms with Crippen LogP contribution < -0.4 is 0 Å². The van der Waals surface area contributed by atoms with Gasteiger partial charge in [-0.25, -0.2) is 4.39 Å². The van der Waals surface area contributed by atoms with E-state index in [1.807, 2.05) is 13.8 Å². The van der Waals surface area contributed by atoms with Gasteiger partial charge < -0.3 is 4.74 Å². The van der Waals surface area contributed by atoms with Crippen LogP contribution in [0.5, 0.6) is 0 Å². The number of halogens is 1. The molecule has 0 bridgehead atoms. The van der Waals surface area contributed by atoms with Crippen LogP contribution in [0.25, 0.3) is 6.08 Å². The van der Waals surface area contributed by atoms with Crippen LogP contribution in [0, 0.1) is 5.82 Å². The Morgan fingerprint density at radius 1 is 1.40 bits per heavy atom. The second kappa shape index (κ2) is 8.64. The largest absolute Gasteiger partial charge is 0.374 e. The predicted octanol–water partition coefficient (Wildman–Crippen LogP) is 4.70. The molecule has 0 N–H and O–H groups in total. The van der Waals surface area contributed by atoms with Crippen molar-refractivity contribution in [1.82, 2.24) is 0 Å². The second-order valence-electron chi connectivity index (χ2n) is 4.79. The van der Waals surface area contributed by atoms with Gasteiger partial charge in [-0.3, -0.25) is 4.79 Å². The van der Waals surface area contributed by atoms with Gasteiger partial charge in [0.05, 0.1) is 6.10 Å². The van der Waals surface area contributed by atoms with E-state index in [9.17, 15) is 9.18 Å². The molecule has 0 amide bonds. The maximum Gasteiger partial charge on any atom is 0.155 e. The molecule has 0 aliphatic carbocycles. The van der Waals surface area contributed by atoms with Crippen LogP contribution in [0.3, 0.4) is 0 Å². The third-order valence-corrected chi connectivity index (χ3v) is 3.15. The van der Waals surface area contributed by atoms with Gasteiger partial charge >= 0.3 is 0 Å². The smallest absolute Gasteiger partial charge is 0.155 e. The van der Waals surface area contributed by atoms with Crippen molar-refractivity contribution in [2.75, 3.05) is 6.61 Å². The molecule has 1 atom stereocenters. The number of hydrogen-bond acceptors (Lipinski definition) is 2. The molecular weight excluding hydrogens is 255 g/mol. The lowest BCUT2D eigenvalue weighted by molar-refractivity contribution is -0.114. The maximum atomic E-state index is 13.4. The molecule has 3 heteroatoms. The summed E-state index contributed by atoms with van der Waals surface area (Å²) in [5, 5.41) is 0. The number of benzene rings is 1. The van der Waals surface area contributed by atoms with Gasteiger partial charge in [-0.15, -0.1) is 0 Å². The minimum absolute atomic E-state index is 0.0554. The number of ketones is 1. The lowest BCUT2D eigenvalue weighted by Crippen LogP contribution is -2.04. The molecule has 2 nitrogen and oxygen atoms in total. The molecule has 1 unspecified atom stereocenters. The fourth-order valence-electron chi connectivity index (χ4n) is 1.84. The van der Waals surface area contributed by atoms with Crippen molar-refractivity contribution in [3.8, 4) is 0 Å². The number of unbranched alkanes of at least 4 members (excludes halogenated alkanes) is 1. The zero-order chi connectivity index (χ0) is 15.0. The molecule has 0 aliphatic heterocycles. The summed E-state index contributed by atoms with van der Waals surface area (Å²) in [7, 11) is 0. The molecule has 0 fully saturated rings. The Morgan fingerprint density at radius 3 is 2.80 bits per heavy atom. The Hall–Kier alpha value is -1.48. The van der Waals surface area contributed by atoms with Gasteiger partial charge in [0.15, 0.2) is 5.78 Å². The lowest BCUT2D eigenvalue weighted by atomic mass is 10.0. The summed E-state index contributed by atoms with van der Waals surface area (Å²) in [6, 6.07) is 4.56. The highest BCUT2D eigenvalue weighted by molar-refractivity contribution is 5.93. The van der Waals surface area contributed by atoms with E-state index in [4.69, 9.17) is 4.74 Å². The highest BCUT2D eigenvalue weighted by Crippen LogP contribution is 2.24. The molecule has 0 aliphatic rings. The monoisotopic (exact) mass is 278 g/mol. The summed E-state index contributed by atoms with van der Waals surface area (Å²) in [5.41, 5.74) is 1.61. The Kier molecular flexibility index (Phi) is 7.16. The topological polar surface area (TPSA) is 26.3 Å². The Balaban J connectivity index is 2.89. The highest BCUT2D eigenvalue weighted by Gasteiger charge is 2.11. The van der Waals surface area contributed by atoms with E-state index in [2.05, 4.69) is 6.92 Å². The molecular formula is C17H23FO2. The van der Waals surface area contributed by atoms with Crippen molar-refractivity contribution in [1.29, 1.82) is 0 Å². The van der Waals surface area contributed by atoms with Crippen LogP contribution in [-0.4, -0.2) is 12.4 Å². The minimum Gasteiger partial charge on any atom is -0.374 e. The fraction of sp³-hybridized carbons (Fsp3) is 0.471. The van der Waals surface area contributed by atoms with E-state index in [0.29, 0.717) is 13.0 Å². The standard InChI is InChI=1S/C17H23FO2/c1-4-6-11-20-13(3)17-12-15(18)9-7-14(17)8-10-16(19)5-2/h7-10,12-13H,4-6,11H2,1-3H3/b10-8+. The Bertz CT molecular complexity index is 466. The SMILES string of the molecule is CCCCOC(C)c1cc(F)ccc1/C=C/C(=O)CC. The molecule has 110 valence electrons. The number of hydrogen-bond donors (Lipinski definition) is 0. The average molecular weight is 278 g/mol. The maximum absolute atomic E-state index is 13.4. The average Bonchev–Trinajstić information content (AvgIpc) is 2.45. The molecule has 0 saturated heterocycles. The molecule has 1 aromatic rings. The number of carbonyl (C=O) groups excluding carboxylic acids is 1. The normalized spacial score (nSPS) is 12.8. The highest BCUT2D eigenvalue weighted by atomic mass is 19.1. The first kappa shape index (κ1) is 16.6. The molecule has 20 heavy (non-hydrogen) atoms. The summed E-state index contributed by atoms with van der Waals surface area (Å²) in [6.45, 7) is 6.48. The van der Waals surface area contributed by atoms with Gasteiger partial charge in [-0.2, -0.15) is 0 Å². The summed E-state index contributed by atoms with van der Waals surface area (Å²) in [6.07, 6.45) is 5.60. The molecule has 0 saturated carbocycles. The van der Waals surface area contributed by atoms with Crippen molar-refractivity contribution in [2.45, 2.75) is 46.1 Å². The van der Waals surface area contributed by atoms with Crippen molar-refractivity contribution in [3.05, 3.63) is 41.2 Å². The first-order valence-electron chi connectivity index (χ1n) is 7.20. The molecule has 0 heterocycles. The number of rotatable bonds is 8. The van der Waals surface area contributed by atoms with Gasteiger partial charge in [0.1, 0.15) is 5.82 Å². The van der Waals surface area contributed by atoms with Crippen LogP contribution in [-0.2, 0) is 9.53 Å². The van der Waals surface area contributed by atoms with Crippen molar-refractivity contribution in [3.63, 3.8) is 0 Å². The number of ether oxygens (including phenoxy) is 1. The van der Waals surface area contributed by atoms with Crippen molar-refractivity contribution >= 4 is 11.9 Å². The van der Waals surface area contributed by atoms with Gasteiger partial charge in [0.25, 0.3) is 0 Å². The Labute approximate surface area is 120 Å². The molecule has 0 aromatic heterocycles. The van der Waals surface area contributed by atoms with Gasteiger partial charge in [0, 0.05) is 13.0 Å². The van der Waals surface area contributed by atoms with Gasteiger partial charge in [0.2, 0.25) is 0 Å². The van der Waals surface area contributed by atoms with Crippen molar-refractivity contribution < 1.29 is 13.9 Å². The van der Waals surface area contributed by atoms with E-state index in [1.165, 1.54) is 18.2 Å². The van der Waals surface area contributed by atoms with E-state index in [-0.39, 0.29) is 17.7 Å². The van der Waals surface area contributed by atoms with Crippen molar-refractivity contribution in [2.24, 2.45) is 0 Å². The van der Waals surface area contributed by atoms with Crippen LogP contribution in [0.15, 0.2) is 24.3 Å². The zero-order valence-electron chi connectivity index (χ0n) is 12.5. The van der Waals surface area contributed by atoms with Crippen LogP contribution in [0.1, 0.15) is 57.3 Å². The van der Waals surface area contributed by atoms with E-state index in [1.54, 1.807) is 12.1 Å². The summed E-state index contributed by atoms with van der Waals surface area (Å²) < 4.78 is 19.1. The molecule has 0 spiro atoms. The minimum atomic E-state index is -0.287. The van der Waals surface area contributed by atoms with Crippen LogP contribution in [0.2, 0.25) is 0 Å². The quantitative estimate of drug-likeness (QED) is 0.509. The summed E-state index contributed by atoms with van der Waals surface area (Å²) in [4.78, 5) is 11.4. The van der Waals surface area contributed by atoms with Crippen LogP contribution in [0.4, 0.5) is 4.39 Å². The molecule has 1 rings (SSSR count). The van der Waals surface area contributed by atoms with E-state index < -0.39 is 0 Å². The predicted molar refractivity (Wildman–Crippen MR) is 80.0 cm³/mol. The fourth-order valence-corrected chi connectivity index (χ4v) is 1.84. The van der Waals surface area contributed by atoms with Crippen LogP contribution >= 0.6 is 0 Å². The summed E-state index contributed by atoms with van der Waals surface area (Å²) >= 11 is 0. The first-order valence-corrected chi connectivity index (χ1v) is 7.20. The van der Waals surface area contributed by atoms with E-state index >= 15 is 0 Å². The number of carbonyl (C=O) groups is 1. The van der Waals surface area contributed by atoms with Gasteiger partial charge in [-0.05, 0) is 42.7 Å². The van der Waals surface area contributed by atoms with E-state index in [0.717, 1.165) is 24.0 Å². The third kappa shape index (κ3) is 5.25. The van der Waals surface area contributed by atoms with Gasteiger partial charge in [-0.1, -0.05) is 32.4 Å².